The van der Waals surface area contributed by atoms with Crippen LogP contribution in [-0.2, 0) is 12.8 Å². The van der Waals surface area contributed by atoms with Crippen LogP contribution in [0, 0.1) is 0 Å². The molecular formula is C14H16S. The van der Waals surface area contributed by atoms with Gasteiger partial charge in [-0.25, -0.2) is 0 Å². The molecule has 1 heterocycles. The van der Waals surface area contributed by atoms with Crippen LogP contribution < -0.4 is 0 Å². The second kappa shape index (κ2) is 5.13. The van der Waals surface area contributed by atoms with E-state index in [0.29, 0.717) is 0 Å². The van der Waals surface area contributed by atoms with E-state index in [4.69, 9.17) is 0 Å². The molecular weight excluding hydrogens is 200 g/mol. The van der Waals surface area contributed by atoms with Gasteiger partial charge < -0.3 is 0 Å². The Hall–Kier alpha value is -1.08. The van der Waals surface area contributed by atoms with Crippen molar-refractivity contribution in [1.82, 2.24) is 0 Å². The van der Waals surface area contributed by atoms with Crippen molar-refractivity contribution in [2.45, 2.75) is 26.2 Å². The van der Waals surface area contributed by atoms with E-state index in [1.807, 2.05) is 11.3 Å². The van der Waals surface area contributed by atoms with Crippen molar-refractivity contribution in [1.29, 1.82) is 0 Å². The lowest BCUT2D eigenvalue weighted by Crippen LogP contribution is -1.84. The molecule has 0 fully saturated rings. The zero-order valence-corrected chi connectivity index (χ0v) is 9.89. The predicted molar refractivity (Wildman–Crippen MR) is 67.6 cm³/mol. The van der Waals surface area contributed by atoms with E-state index in [1.165, 1.54) is 28.8 Å². The molecule has 0 aliphatic rings. The average Bonchev–Trinajstić information content (AvgIpc) is 2.68. The second-order valence-corrected chi connectivity index (χ2v) is 4.83. The van der Waals surface area contributed by atoms with Gasteiger partial charge in [-0.05, 0) is 35.4 Å². The number of rotatable bonds is 4. The third kappa shape index (κ3) is 2.93. The molecule has 1 aromatic heterocycles. The van der Waals surface area contributed by atoms with Gasteiger partial charge in [0.05, 0.1) is 0 Å². The second-order valence-electron chi connectivity index (χ2n) is 3.83. The molecule has 0 nitrogen and oxygen atoms in total. The van der Waals surface area contributed by atoms with E-state index < -0.39 is 0 Å². The van der Waals surface area contributed by atoms with E-state index in [0.717, 1.165) is 6.42 Å². The molecule has 0 amide bonds. The minimum Gasteiger partial charge on any atom is -0.149 e. The van der Waals surface area contributed by atoms with Crippen molar-refractivity contribution >= 4 is 11.3 Å². The molecule has 0 aliphatic carbocycles. The molecule has 0 atom stereocenters. The smallest absolute Gasteiger partial charge is 0.00480 e. The van der Waals surface area contributed by atoms with Gasteiger partial charge in [0, 0.05) is 4.88 Å². The number of thiophene rings is 1. The minimum atomic E-state index is 1.07. The number of hydrogen-bond donors (Lipinski definition) is 0. The summed E-state index contributed by atoms with van der Waals surface area (Å²) in [7, 11) is 0. The first-order chi connectivity index (χ1) is 7.38. The molecule has 2 aromatic rings. The summed E-state index contributed by atoms with van der Waals surface area (Å²) in [5.41, 5.74) is 2.85. The Morgan fingerprint density at radius 1 is 1.07 bits per heavy atom. The summed E-state index contributed by atoms with van der Waals surface area (Å²) in [6.45, 7) is 2.23. The normalized spacial score (nSPS) is 10.5. The Bertz CT molecular complexity index is 400. The highest BCUT2D eigenvalue weighted by atomic mass is 32.1. The van der Waals surface area contributed by atoms with Gasteiger partial charge in [0.1, 0.15) is 0 Å². The summed E-state index contributed by atoms with van der Waals surface area (Å²) in [6.07, 6.45) is 3.53. The highest BCUT2D eigenvalue weighted by Crippen LogP contribution is 2.19. The quantitative estimate of drug-likeness (QED) is 0.715. The third-order valence-electron chi connectivity index (χ3n) is 2.46. The van der Waals surface area contributed by atoms with E-state index in [9.17, 15) is 0 Å². The molecule has 0 radical (unpaired) electrons. The van der Waals surface area contributed by atoms with Gasteiger partial charge >= 0.3 is 0 Å². The van der Waals surface area contributed by atoms with Crippen molar-refractivity contribution in [2.24, 2.45) is 0 Å². The molecule has 78 valence electrons. The zero-order chi connectivity index (χ0) is 10.5. The molecule has 0 aliphatic heterocycles. The number of benzene rings is 1. The molecule has 2 rings (SSSR count). The molecule has 0 N–H and O–H groups in total. The summed E-state index contributed by atoms with van der Waals surface area (Å²) >= 11 is 1.89. The Morgan fingerprint density at radius 3 is 2.60 bits per heavy atom. The first-order valence-electron chi connectivity index (χ1n) is 5.48. The van der Waals surface area contributed by atoms with Gasteiger partial charge in [-0.1, -0.05) is 43.7 Å². The summed E-state index contributed by atoms with van der Waals surface area (Å²) in [4.78, 5) is 1.52. The van der Waals surface area contributed by atoms with Crippen LogP contribution in [0.15, 0.2) is 41.8 Å². The van der Waals surface area contributed by atoms with Crippen molar-refractivity contribution in [3.05, 3.63) is 57.8 Å². The molecule has 0 saturated heterocycles. The van der Waals surface area contributed by atoms with E-state index in [-0.39, 0.29) is 0 Å². The predicted octanol–water partition coefficient (Wildman–Crippen LogP) is 4.29. The number of aryl methyl sites for hydroxylation is 1. The molecule has 15 heavy (non-hydrogen) atoms. The number of hydrogen-bond acceptors (Lipinski definition) is 1. The summed E-state index contributed by atoms with van der Waals surface area (Å²) in [5, 5.41) is 2.29. The van der Waals surface area contributed by atoms with E-state index >= 15 is 0 Å². The Kier molecular flexibility index (Phi) is 3.57. The maximum absolute atomic E-state index is 2.35. The van der Waals surface area contributed by atoms with Crippen molar-refractivity contribution in [3.63, 3.8) is 0 Å². The Labute approximate surface area is 95.6 Å². The van der Waals surface area contributed by atoms with Crippen LogP contribution >= 0.6 is 11.3 Å². The molecule has 1 heteroatoms. The van der Waals surface area contributed by atoms with E-state index in [1.54, 1.807) is 0 Å². The maximum Gasteiger partial charge on any atom is 0.00480 e. The Balaban J connectivity index is 2.05. The van der Waals surface area contributed by atoms with Crippen molar-refractivity contribution < 1.29 is 0 Å². The topological polar surface area (TPSA) is 0 Å². The average molecular weight is 216 g/mol. The van der Waals surface area contributed by atoms with Gasteiger partial charge in [0.25, 0.3) is 0 Å². The maximum atomic E-state index is 2.35. The highest BCUT2D eigenvalue weighted by Gasteiger charge is 2.00. The lowest BCUT2D eigenvalue weighted by Gasteiger charge is -1.97. The largest absolute Gasteiger partial charge is 0.149 e. The lowest BCUT2D eigenvalue weighted by atomic mass is 10.1. The molecule has 0 saturated carbocycles. The van der Waals surface area contributed by atoms with E-state index in [2.05, 4.69) is 48.7 Å². The fourth-order valence-electron chi connectivity index (χ4n) is 1.73. The van der Waals surface area contributed by atoms with Gasteiger partial charge in [-0.3, -0.25) is 0 Å². The van der Waals surface area contributed by atoms with Crippen LogP contribution in [0.25, 0.3) is 0 Å². The molecule has 0 bridgehead atoms. The van der Waals surface area contributed by atoms with Crippen molar-refractivity contribution in [2.75, 3.05) is 0 Å². The van der Waals surface area contributed by atoms with Crippen molar-refractivity contribution in [3.8, 4) is 0 Å². The van der Waals surface area contributed by atoms with Gasteiger partial charge in [0.2, 0.25) is 0 Å². The van der Waals surface area contributed by atoms with Crippen LogP contribution in [0.4, 0.5) is 0 Å². The Morgan fingerprint density at radius 2 is 1.87 bits per heavy atom. The van der Waals surface area contributed by atoms with Crippen LogP contribution in [0.1, 0.15) is 29.3 Å². The first kappa shape index (κ1) is 10.4. The standard InChI is InChI=1S/C14H16S/c1-2-6-14-10-13(11-15-14)9-12-7-4-3-5-8-12/h3-5,7-8,10-11H,2,6,9H2,1H3. The zero-order valence-electron chi connectivity index (χ0n) is 9.07. The molecule has 1 aromatic carbocycles. The summed E-state index contributed by atoms with van der Waals surface area (Å²) < 4.78 is 0. The lowest BCUT2D eigenvalue weighted by molar-refractivity contribution is 0.938. The summed E-state index contributed by atoms with van der Waals surface area (Å²) in [6, 6.07) is 13.0. The molecule has 0 unspecified atom stereocenters. The fourth-order valence-corrected chi connectivity index (χ4v) is 2.72. The SMILES string of the molecule is CCCc1cc(Cc2ccccc2)cs1. The van der Waals surface area contributed by atoms with Crippen LogP contribution in [0.5, 0.6) is 0 Å². The van der Waals surface area contributed by atoms with Gasteiger partial charge in [0.15, 0.2) is 0 Å². The molecule has 0 spiro atoms. The van der Waals surface area contributed by atoms with Crippen LogP contribution in [0.2, 0.25) is 0 Å². The third-order valence-corrected chi connectivity index (χ3v) is 3.50. The van der Waals surface area contributed by atoms with Crippen LogP contribution in [0.3, 0.4) is 0 Å². The van der Waals surface area contributed by atoms with Gasteiger partial charge in [-0.15, -0.1) is 11.3 Å². The van der Waals surface area contributed by atoms with Gasteiger partial charge in [-0.2, -0.15) is 0 Å². The highest BCUT2D eigenvalue weighted by molar-refractivity contribution is 7.10. The minimum absolute atomic E-state index is 1.07. The summed E-state index contributed by atoms with van der Waals surface area (Å²) in [5.74, 6) is 0. The first-order valence-corrected chi connectivity index (χ1v) is 6.36. The van der Waals surface area contributed by atoms with Crippen LogP contribution in [-0.4, -0.2) is 0 Å². The fraction of sp³-hybridized carbons (Fsp3) is 0.286. The monoisotopic (exact) mass is 216 g/mol.